The molecule has 0 fully saturated rings. The number of hydrogen-bond acceptors (Lipinski definition) is 3. The van der Waals surface area contributed by atoms with E-state index >= 15 is 0 Å². The van der Waals surface area contributed by atoms with Gasteiger partial charge in [0.25, 0.3) is 0 Å². The minimum atomic E-state index is -0.396. The molecule has 0 saturated heterocycles. The fourth-order valence-corrected chi connectivity index (χ4v) is 3.23. The second-order valence-electron chi connectivity index (χ2n) is 7.18. The number of imidazole rings is 1. The summed E-state index contributed by atoms with van der Waals surface area (Å²) in [6, 6.07) is 16.9. The van der Waals surface area contributed by atoms with Gasteiger partial charge in [0, 0.05) is 24.5 Å². The maximum absolute atomic E-state index is 9.56. The number of fused-ring (bicyclic) bond motifs is 1. The maximum atomic E-state index is 9.56. The molecule has 4 nitrogen and oxygen atoms in total. The van der Waals surface area contributed by atoms with Gasteiger partial charge in [0.05, 0.1) is 11.8 Å². The zero-order valence-corrected chi connectivity index (χ0v) is 15.8. The van der Waals surface area contributed by atoms with Crippen LogP contribution in [0, 0.1) is 13.8 Å². The van der Waals surface area contributed by atoms with Gasteiger partial charge in [-0.2, -0.15) is 0 Å². The van der Waals surface area contributed by atoms with Gasteiger partial charge in [0.2, 0.25) is 0 Å². The van der Waals surface area contributed by atoms with Crippen LogP contribution in [-0.4, -0.2) is 25.7 Å². The number of rotatable bonds is 4. The van der Waals surface area contributed by atoms with Crippen molar-refractivity contribution in [1.29, 1.82) is 0 Å². The highest BCUT2D eigenvalue weighted by atomic mass is 16.3. The summed E-state index contributed by atoms with van der Waals surface area (Å²) in [6.07, 6.45) is 3.46. The van der Waals surface area contributed by atoms with Crippen molar-refractivity contribution < 1.29 is 5.11 Å². The molecule has 27 heavy (non-hydrogen) atoms. The zero-order chi connectivity index (χ0) is 19.0. The van der Waals surface area contributed by atoms with Crippen LogP contribution in [0.2, 0.25) is 0 Å². The average Bonchev–Trinajstić information content (AvgIpc) is 3.07. The summed E-state index contributed by atoms with van der Waals surface area (Å²) in [7, 11) is 0. The second-order valence-corrected chi connectivity index (χ2v) is 7.18. The summed E-state index contributed by atoms with van der Waals surface area (Å²) < 4.78 is 1.94. The van der Waals surface area contributed by atoms with Crippen LogP contribution in [0.15, 0.2) is 60.9 Å². The lowest BCUT2D eigenvalue weighted by molar-refractivity contribution is 0.173. The minimum absolute atomic E-state index is 0.396. The van der Waals surface area contributed by atoms with E-state index in [0.717, 1.165) is 22.8 Å². The molecule has 1 N–H and O–H groups in total. The Balaban J connectivity index is 1.63. The van der Waals surface area contributed by atoms with Crippen LogP contribution in [0.25, 0.3) is 33.9 Å². The van der Waals surface area contributed by atoms with Gasteiger partial charge in [-0.15, -0.1) is 0 Å². The first-order valence-electron chi connectivity index (χ1n) is 9.19. The molecule has 0 spiro atoms. The molecule has 2 heterocycles. The van der Waals surface area contributed by atoms with E-state index in [0.29, 0.717) is 6.54 Å². The first kappa shape index (κ1) is 17.4. The van der Waals surface area contributed by atoms with Crippen molar-refractivity contribution in [2.75, 3.05) is 0 Å². The summed E-state index contributed by atoms with van der Waals surface area (Å²) in [4.78, 5) is 9.31. The van der Waals surface area contributed by atoms with Gasteiger partial charge in [-0.3, -0.25) is 0 Å². The number of aryl methyl sites for hydroxylation is 2. The highest BCUT2D eigenvalue weighted by molar-refractivity contribution is 5.71. The van der Waals surface area contributed by atoms with Crippen molar-refractivity contribution in [2.45, 2.75) is 33.4 Å². The van der Waals surface area contributed by atoms with E-state index in [1.165, 1.54) is 22.3 Å². The van der Waals surface area contributed by atoms with Crippen LogP contribution in [-0.2, 0) is 6.54 Å². The van der Waals surface area contributed by atoms with E-state index in [2.05, 4.69) is 66.3 Å². The highest BCUT2D eigenvalue weighted by Gasteiger charge is 2.13. The molecule has 0 aliphatic carbocycles. The van der Waals surface area contributed by atoms with Gasteiger partial charge in [-0.1, -0.05) is 42.5 Å². The number of aliphatic hydroxyl groups is 1. The van der Waals surface area contributed by atoms with Gasteiger partial charge in [0.1, 0.15) is 5.69 Å². The summed E-state index contributed by atoms with van der Waals surface area (Å²) >= 11 is 0. The van der Waals surface area contributed by atoms with Crippen LogP contribution in [0.4, 0.5) is 0 Å². The molecule has 2 aliphatic rings. The maximum Gasteiger partial charge on any atom is 0.160 e. The quantitative estimate of drug-likeness (QED) is 0.575. The lowest BCUT2D eigenvalue weighted by atomic mass is 9.99. The van der Waals surface area contributed by atoms with E-state index in [9.17, 15) is 5.11 Å². The van der Waals surface area contributed by atoms with E-state index < -0.39 is 6.10 Å². The molecule has 4 rings (SSSR count). The Labute approximate surface area is 159 Å². The molecule has 0 bridgehead atoms. The normalized spacial score (nSPS) is 12.4. The van der Waals surface area contributed by atoms with E-state index in [4.69, 9.17) is 0 Å². The monoisotopic (exact) mass is 357 g/mol. The predicted octanol–water partition coefficient (Wildman–Crippen LogP) is 4.71. The number of pyridine rings is 1. The number of aliphatic hydroxyl groups excluding tert-OH is 1. The molecule has 4 heteroatoms. The van der Waals surface area contributed by atoms with Crippen molar-refractivity contribution in [2.24, 2.45) is 0 Å². The number of benzene rings is 2. The smallest absolute Gasteiger partial charge is 0.160 e. The molecule has 2 aromatic carbocycles. The Morgan fingerprint density at radius 3 is 2.22 bits per heavy atom. The summed E-state index contributed by atoms with van der Waals surface area (Å²) in [6.45, 7) is 6.59. The Bertz CT molecular complexity index is 1050. The topological polar surface area (TPSA) is 50.9 Å². The Hall–Kier alpha value is -2.98. The van der Waals surface area contributed by atoms with Gasteiger partial charge in [0.15, 0.2) is 5.82 Å². The van der Waals surface area contributed by atoms with E-state index in [1.807, 2.05) is 23.0 Å². The lowest BCUT2D eigenvalue weighted by Gasteiger charge is -2.09. The molecule has 0 aromatic heterocycles. The van der Waals surface area contributed by atoms with Gasteiger partial charge >= 0.3 is 0 Å². The molecular formula is C23H23N3O. The third-order valence-electron chi connectivity index (χ3n) is 4.89. The average molecular weight is 357 g/mol. The number of nitrogens with zero attached hydrogens (tertiary/aromatic N) is 3. The Morgan fingerprint density at radius 1 is 0.852 bits per heavy atom. The predicted molar refractivity (Wildman–Crippen MR) is 109 cm³/mol. The van der Waals surface area contributed by atoms with Crippen LogP contribution in [0.5, 0.6) is 0 Å². The Kier molecular flexibility index (Phi) is 4.50. The number of aromatic nitrogens is 3. The molecule has 1 unspecified atom stereocenters. The van der Waals surface area contributed by atoms with Crippen LogP contribution < -0.4 is 0 Å². The van der Waals surface area contributed by atoms with Crippen molar-refractivity contribution >= 4 is 0 Å². The van der Waals surface area contributed by atoms with Gasteiger partial charge < -0.3 is 9.67 Å². The molecule has 0 radical (unpaired) electrons. The molecule has 2 aliphatic heterocycles. The van der Waals surface area contributed by atoms with Crippen molar-refractivity contribution in [3.8, 4) is 33.9 Å². The third-order valence-corrected chi connectivity index (χ3v) is 4.89. The standard InChI is InChI=1S/C23H23N3O/c1-15-4-5-20(12-16(15)2)18-6-8-19(9-7-18)23-24-21-10-11-26(13-17(3)27)14-22(21)25-23/h4-12,14,17,27H,13H2,1-3H3. The molecular weight excluding hydrogens is 334 g/mol. The third kappa shape index (κ3) is 3.62. The second kappa shape index (κ2) is 6.97. The van der Waals surface area contributed by atoms with Gasteiger partial charge in [-0.05, 0) is 49.1 Å². The molecule has 1 atom stereocenters. The van der Waals surface area contributed by atoms with Gasteiger partial charge in [-0.25, -0.2) is 9.97 Å². The molecule has 0 amide bonds. The van der Waals surface area contributed by atoms with Crippen LogP contribution in [0.1, 0.15) is 18.1 Å². The van der Waals surface area contributed by atoms with E-state index in [-0.39, 0.29) is 0 Å². The van der Waals surface area contributed by atoms with Crippen LogP contribution >= 0.6 is 0 Å². The van der Waals surface area contributed by atoms with Crippen molar-refractivity contribution in [1.82, 2.24) is 14.5 Å². The summed E-state index contributed by atoms with van der Waals surface area (Å²) in [5.74, 6) is 0.728. The van der Waals surface area contributed by atoms with E-state index in [1.54, 1.807) is 6.92 Å². The van der Waals surface area contributed by atoms with Crippen molar-refractivity contribution in [3.05, 3.63) is 72.1 Å². The number of hydrogen-bond donors (Lipinski definition) is 1. The summed E-state index contributed by atoms with van der Waals surface area (Å²) in [5, 5.41) is 9.56. The molecule has 2 aromatic rings. The first-order valence-corrected chi connectivity index (χ1v) is 9.19. The minimum Gasteiger partial charge on any atom is -0.392 e. The highest BCUT2D eigenvalue weighted by Crippen LogP contribution is 2.28. The lowest BCUT2D eigenvalue weighted by Crippen LogP contribution is -2.11. The molecule has 136 valence electrons. The zero-order valence-electron chi connectivity index (χ0n) is 15.8. The first-order chi connectivity index (χ1) is 13.0. The van der Waals surface area contributed by atoms with Crippen molar-refractivity contribution in [3.63, 3.8) is 0 Å². The molecule has 0 saturated carbocycles. The fraction of sp³-hybridized carbons (Fsp3) is 0.217. The Morgan fingerprint density at radius 2 is 1.52 bits per heavy atom. The SMILES string of the molecule is Cc1ccc(-c2ccc(-c3nc4ccn(CC(C)O)cc-4n3)cc2)cc1C. The fourth-order valence-electron chi connectivity index (χ4n) is 3.23. The summed E-state index contributed by atoms with van der Waals surface area (Å²) in [5.41, 5.74) is 7.72. The van der Waals surface area contributed by atoms with Crippen LogP contribution in [0.3, 0.4) is 0 Å². The largest absolute Gasteiger partial charge is 0.392 e.